The van der Waals surface area contributed by atoms with Crippen LogP contribution in [0.3, 0.4) is 0 Å². The van der Waals surface area contributed by atoms with Crippen LogP contribution in [0.25, 0.3) is 22.0 Å². The van der Waals surface area contributed by atoms with Crippen LogP contribution in [0, 0.1) is 0 Å². The van der Waals surface area contributed by atoms with Crippen LogP contribution in [0.1, 0.15) is 10.5 Å². The van der Waals surface area contributed by atoms with Crippen LogP contribution in [0.2, 0.25) is 5.02 Å². The monoisotopic (exact) mass is 568 g/mol. The highest BCUT2D eigenvalue weighted by atomic mass is 35.5. The van der Waals surface area contributed by atoms with E-state index < -0.39 is 22.0 Å². The molecule has 0 radical (unpaired) electrons. The summed E-state index contributed by atoms with van der Waals surface area (Å²) in [7, 11) is -0.115. The van der Waals surface area contributed by atoms with E-state index in [9.17, 15) is 13.2 Å². The van der Waals surface area contributed by atoms with Gasteiger partial charge in [-0.1, -0.05) is 35.9 Å². The first-order chi connectivity index (χ1) is 18.6. The fourth-order valence-electron chi connectivity index (χ4n) is 4.64. The van der Waals surface area contributed by atoms with Crippen LogP contribution in [-0.4, -0.2) is 70.1 Å². The molecule has 0 aliphatic carbocycles. The van der Waals surface area contributed by atoms with Crippen LogP contribution >= 0.6 is 11.6 Å². The molecule has 1 amide bonds. The van der Waals surface area contributed by atoms with Gasteiger partial charge >= 0.3 is 0 Å². The van der Waals surface area contributed by atoms with Crippen LogP contribution in [0.4, 0.5) is 5.69 Å². The van der Waals surface area contributed by atoms with Gasteiger partial charge in [0.1, 0.15) is 29.0 Å². The van der Waals surface area contributed by atoms with Crippen molar-refractivity contribution in [2.45, 2.75) is 11.0 Å². The van der Waals surface area contributed by atoms with Crippen LogP contribution in [0.15, 0.2) is 71.6 Å². The lowest BCUT2D eigenvalue weighted by atomic mass is 10.0. The van der Waals surface area contributed by atoms with Crippen molar-refractivity contribution in [3.63, 3.8) is 0 Å². The van der Waals surface area contributed by atoms with Crippen LogP contribution in [-0.2, 0) is 14.8 Å². The largest absolute Gasteiger partial charge is 0.491 e. The molecule has 1 aliphatic heterocycles. The number of ether oxygens (including phenoxy) is 2. The summed E-state index contributed by atoms with van der Waals surface area (Å²) in [6, 6.07) is 20.6. The molecule has 1 atom stereocenters. The zero-order chi connectivity index (χ0) is 27.7. The topological polar surface area (TPSA) is 118 Å². The third kappa shape index (κ3) is 5.60. The van der Waals surface area contributed by atoms with Crippen LogP contribution in [0.5, 0.6) is 5.75 Å². The number of sulfonamides is 1. The Bertz CT molecular complexity index is 1640. The van der Waals surface area contributed by atoms with E-state index in [2.05, 4.69) is 11.1 Å². The fourth-order valence-corrected chi connectivity index (χ4v) is 6.60. The Morgan fingerprint density at radius 2 is 1.87 bits per heavy atom. The van der Waals surface area contributed by atoms with Crippen molar-refractivity contribution >= 4 is 44.1 Å². The van der Waals surface area contributed by atoms with Gasteiger partial charge in [-0.05, 0) is 53.6 Å². The Morgan fingerprint density at radius 3 is 2.62 bits per heavy atom. The van der Waals surface area contributed by atoms with Crippen molar-refractivity contribution in [3.8, 4) is 16.9 Å². The SMILES string of the molecule is CN(C)c1cccc(-c2cccc(OC[C@@H]3CN(S(=O)(=O)c4c(C(N)=O)[nH]c5ccc(Cl)cc45)CCO3)c2)c1. The molecular weight excluding hydrogens is 540 g/mol. The molecule has 204 valence electrons. The number of hydrogen-bond acceptors (Lipinski definition) is 6. The van der Waals surface area contributed by atoms with E-state index in [1.54, 1.807) is 12.1 Å². The van der Waals surface area contributed by atoms with Crippen molar-refractivity contribution in [1.82, 2.24) is 9.29 Å². The van der Waals surface area contributed by atoms with Gasteiger partial charge in [0.25, 0.3) is 5.91 Å². The minimum absolute atomic E-state index is 0.0539. The standard InChI is InChI=1S/C28H29ClN4O5S/c1-32(2)21-7-3-5-18(13-21)19-6-4-8-22(14-19)38-17-23-16-33(11-12-37-23)39(35,36)27-24-15-20(29)9-10-25(24)31-26(27)28(30)34/h3-10,13-15,23,31H,11-12,16-17H2,1-2H3,(H2,30,34)/t23-/m0/s1. The maximum absolute atomic E-state index is 13.8. The average molecular weight is 569 g/mol. The number of anilines is 1. The summed E-state index contributed by atoms with van der Waals surface area (Å²) in [4.78, 5) is 16.8. The number of rotatable bonds is 8. The van der Waals surface area contributed by atoms with E-state index in [0.29, 0.717) is 21.7 Å². The number of carbonyl (C=O) groups excluding carboxylic acids is 1. The van der Waals surface area contributed by atoms with Gasteiger partial charge < -0.3 is 25.1 Å². The highest BCUT2D eigenvalue weighted by Gasteiger charge is 2.36. The molecular formula is C28H29ClN4O5S. The summed E-state index contributed by atoms with van der Waals surface area (Å²) in [6.45, 7) is 0.509. The number of hydrogen-bond donors (Lipinski definition) is 2. The molecule has 0 unspecified atom stereocenters. The molecule has 0 saturated carbocycles. The summed E-state index contributed by atoms with van der Waals surface area (Å²) in [5.74, 6) is -0.223. The van der Waals surface area contributed by atoms with Crippen molar-refractivity contribution < 1.29 is 22.7 Å². The Labute approximate surface area is 232 Å². The third-order valence-electron chi connectivity index (χ3n) is 6.62. The Hall–Kier alpha value is -3.57. The van der Waals surface area contributed by atoms with E-state index >= 15 is 0 Å². The van der Waals surface area contributed by atoms with Gasteiger partial charge in [0.2, 0.25) is 10.0 Å². The molecule has 4 aromatic rings. The molecule has 1 aromatic heterocycles. The van der Waals surface area contributed by atoms with E-state index in [1.165, 1.54) is 10.4 Å². The summed E-state index contributed by atoms with van der Waals surface area (Å²) in [6.07, 6.45) is -0.514. The number of nitrogens with two attached hydrogens (primary N) is 1. The minimum atomic E-state index is -4.10. The predicted octanol–water partition coefficient (Wildman–Crippen LogP) is 4.12. The third-order valence-corrected chi connectivity index (χ3v) is 8.81. The molecule has 11 heteroatoms. The molecule has 1 aliphatic rings. The minimum Gasteiger partial charge on any atom is -0.491 e. The highest BCUT2D eigenvalue weighted by molar-refractivity contribution is 7.89. The first-order valence-corrected chi connectivity index (χ1v) is 14.2. The van der Waals surface area contributed by atoms with Crippen molar-refractivity contribution in [2.75, 3.05) is 45.3 Å². The summed E-state index contributed by atoms with van der Waals surface area (Å²) in [5.41, 5.74) is 8.95. The van der Waals surface area contributed by atoms with Crippen molar-refractivity contribution in [1.29, 1.82) is 0 Å². The second-order valence-corrected chi connectivity index (χ2v) is 11.8. The second-order valence-electron chi connectivity index (χ2n) is 9.52. The van der Waals surface area contributed by atoms with Crippen LogP contribution < -0.4 is 15.4 Å². The number of fused-ring (bicyclic) bond motifs is 1. The lowest BCUT2D eigenvalue weighted by Crippen LogP contribution is -2.47. The van der Waals surface area contributed by atoms with Gasteiger partial charge in [0.05, 0.1) is 6.61 Å². The lowest BCUT2D eigenvalue weighted by Gasteiger charge is -2.32. The lowest BCUT2D eigenvalue weighted by molar-refractivity contribution is -0.0249. The van der Waals surface area contributed by atoms with Gasteiger partial charge in [0, 0.05) is 48.8 Å². The predicted molar refractivity (Wildman–Crippen MR) is 152 cm³/mol. The Balaban J connectivity index is 1.33. The number of nitrogens with zero attached hydrogens (tertiary/aromatic N) is 2. The number of nitrogens with one attached hydrogen (secondary N) is 1. The van der Waals surface area contributed by atoms with E-state index in [0.717, 1.165) is 16.8 Å². The maximum atomic E-state index is 13.8. The first kappa shape index (κ1) is 27.0. The number of aromatic amines is 1. The molecule has 39 heavy (non-hydrogen) atoms. The number of aromatic nitrogens is 1. The number of halogens is 1. The zero-order valence-electron chi connectivity index (χ0n) is 21.6. The zero-order valence-corrected chi connectivity index (χ0v) is 23.1. The van der Waals surface area contributed by atoms with Gasteiger partial charge in [-0.2, -0.15) is 4.31 Å². The van der Waals surface area contributed by atoms with Gasteiger partial charge in [-0.15, -0.1) is 0 Å². The van der Waals surface area contributed by atoms with Gasteiger partial charge in [-0.3, -0.25) is 4.79 Å². The molecule has 1 fully saturated rings. The molecule has 3 aromatic carbocycles. The molecule has 2 heterocycles. The number of amides is 1. The maximum Gasteiger partial charge on any atom is 0.266 e. The van der Waals surface area contributed by atoms with E-state index in [4.69, 9.17) is 26.8 Å². The normalized spacial score (nSPS) is 16.3. The molecule has 0 spiro atoms. The molecule has 5 rings (SSSR count). The second kappa shape index (κ2) is 10.9. The number of primary amides is 1. The quantitative estimate of drug-likeness (QED) is 0.330. The summed E-state index contributed by atoms with van der Waals surface area (Å²) >= 11 is 6.13. The average Bonchev–Trinajstić information content (AvgIpc) is 3.32. The summed E-state index contributed by atoms with van der Waals surface area (Å²) in [5, 5.41) is 0.656. The Morgan fingerprint density at radius 1 is 1.13 bits per heavy atom. The Kier molecular flexibility index (Phi) is 7.55. The number of morpholine rings is 1. The van der Waals surface area contributed by atoms with Crippen molar-refractivity contribution in [2.24, 2.45) is 5.73 Å². The number of H-pyrrole nitrogens is 1. The summed E-state index contributed by atoms with van der Waals surface area (Å²) < 4.78 is 40.7. The molecule has 1 saturated heterocycles. The molecule has 3 N–H and O–H groups in total. The number of benzene rings is 3. The fraction of sp³-hybridized carbons (Fsp3) is 0.250. The first-order valence-electron chi connectivity index (χ1n) is 12.4. The number of carbonyl (C=O) groups is 1. The highest BCUT2D eigenvalue weighted by Crippen LogP contribution is 2.32. The van der Waals surface area contributed by atoms with E-state index in [-0.39, 0.29) is 36.9 Å². The smallest absolute Gasteiger partial charge is 0.266 e. The van der Waals surface area contributed by atoms with Gasteiger partial charge in [-0.25, -0.2) is 8.42 Å². The van der Waals surface area contributed by atoms with Gasteiger partial charge in [0.15, 0.2) is 0 Å². The van der Waals surface area contributed by atoms with E-state index in [1.807, 2.05) is 61.5 Å². The molecule has 9 nitrogen and oxygen atoms in total. The van der Waals surface area contributed by atoms with Crippen molar-refractivity contribution in [3.05, 3.63) is 77.4 Å². The molecule has 0 bridgehead atoms.